The number of carbonyl (C=O) groups excluding carboxylic acids is 1. The largest absolute Gasteiger partial charge is 0.493 e. The summed E-state index contributed by atoms with van der Waals surface area (Å²) in [5.74, 6) is 1.99. The molecule has 1 amide bonds. The smallest absolute Gasteiger partial charge is 0.251 e. The Morgan fingerprint density at radius 3 is 2.29 bits per heavy atom. The van der Waals surface area contributed by atoms with Crippen molar-refractivity contribution in [2.75, 3.05) is 40.4 Å². The van der Waals surface area contributed by atoms with Crippen molar-refractivity contribution in [3.8, 4) is 11.5 Å². The first-order valence-corrected chi connectivity index (χ1v) is 10.2. The van der Waals surface area contributed by atoms with Crippen LogP contribution in [0.1, 0.15) is 22.8 Å². The van der Waals surface area contributed by atoms with Gasteiger partial charge in [-0.25, -0.2) is 0 Å². The van der Waals surface area contributed by atoms with Crippen molar-refractivity contribution in [3.05, 3.63) is 58.6 Å². The summed E-state index contributed by atoms with van der Waals surface area (Å²) in [4.78, 5) is 16.7. The van der Waals surface area contributed by atoms with Crippen molar-refractivity contribution in [2.45, 2.75) is 13.3 Å². The number of methoxy groups -OCH3 is 2. The van der Waals surface area contributed by atoms with Crippen LogP contribution in [0, 0.1) is 0 Å². The highest BCUT2D eigenvalue weighted by Crippen LogP contribution is 2.27. The summed E-state index contributed by atoms with van der Waals surface area (Å²) in [6, 6.07) is 12.6. The lowest BCUT2D eigenvalue weighted by Crippen LogP contribution is -2.41. The number of guanidine groups is 1. The summed E-state index contributed by atoms with van der Waals surface area (Å²) in [6.07, 6.45) is 0.768. The zero-order valence-corrected chi connectivity index (χ0v) is 21.1. The molecule has 0 unspecified atom stereocenters. The van der Waals surface area contributed by atoms with Crippen LogP contribution in [0.5, 0.6) is 11.5 Å². The molecule has 0 fully saturated rings. The van der Waals surface area contributed by atoms with Gasteiger partial charge in [0.15, 0.2) is 17.5 Å². The number of benzene rings is 2. The fourth-order valence-electron chi connectivity index (χ4n) is 2.73. The van der Waals surface area contributed by atoms with Gasteiger partial charge >= 0.3 is 0 Å². The number of aliphatic imine (C=N–C) groups is 1. The van der Waals surface area contributed by atoms with Gasteiger partial charge in [-0.05, 0) is 55.3 Å². The molecule has 7 nitrogen and oxygen atoms in total. The van der Waals surface area contributed by atoms with E-state index in [0.29, 0.717) is 47.7 Å². The van der Waals surface area contributed by atoms with Crippen LogP contribution in [-0.4, -0.2) is 52.3 Å². The Bertz CT molecular complexity index is 847. The SMILES string of the molecule is CCNC(=NCCc1ccc(OC)c(OC)c1)NCCNC(=O)c1ccc(Cl)cc1.I. The number of halogens is 2. The van der Waals surface area contributed by atoms with E-state index in [1.807, 2.05) is 25.1 Å². The predicted molar refractivity (Wildman–Crippen MR) is 136 cm³/mol. The summed E-state index contributed by atoms with van der Waals surface area (Å²) in [5, 5.41) is 9.90. The highest BCUT2D eigenvalue weighted by atomic mass is 127. The second-order valence-corrected chi connectivity index (χ2v) is 6.83. The second kappa shape index (κ2) is 14.7. The average molecular weight is 561 g/mol. The fourth-order valence-corrected chi connectivity index (χ4v) is 2.86. The van der Waals surface area contributed by atoms with Crippen molar-refractivity contribution in [3.63, 3.8) is 0 Å². The molecule has 2 rings (SSSR count). The number of hydrogen-bond acceptors (Lipinski definition) is 4. The Balaban J connectivity index is 0.00000480. The van der Waals surface area contributed by atoms with Gasteiger partial charge in [-0.3, -0.25) is 9.79 Å². The molecule has 0 radical (unpaired) electrons. The number of ether oxygens (including phenoxy) is 2. The lowest BCUT2D eigenvalue weighted by atomic mass is 10.1. The first-order chi connectivity index (χ1) is 14.6. The van der Waals surface area contributed by atoms with Gasteiger partial charge in [0, 0.05) is 36.8 Å². The maximum Gasteiger partial charge on any atom is 0.251 e. The van der Waals surface area contributed by atoms with Crippen molar-refractivity contribution >= 4 is 47.4 Å². The van der Waals surface area contributed by atoms with E-state index in [4.69, 9.17) is 21.1 Å². The molecule has 0 saturated heterocycles. The van der Waals surface area contributed by atoms with Crippen LogP contribution in [0.25, 0.3) is 0 Å². The third-order valence-corrected chi connectivity index (χ3v) is 4.52. The molecule has 2 aromatic carbocycles. The molecule has 0 heterocycles. The summed E-state index contributed by atoms with van der Waals surface area (Å²) in [6.45, 7) is 4.40. The lowest BCUT2D eigenvalue weighted by Gasteiger charge is -2.12. The molecule has 0 aromatic heterocycles. The minimum atomic E-state index is -0.135. The average Bonchev–Trinajstić information content (AvgIpc) is 2.76. The number of amides is 1. The van der Waals surface area contributed by atoms with Gasteiger partial charge < -0.3 is 25.4 Å². The van der Waals surface area contributed by atoms with Crippen LogP contribution < -0.4 is 25.4 Å². The molecule has 0 bridgehead atoms. The molecule has 3 N–H and O–H groups in total. The molecule has 0 atom stereocenters. The normalized spacial score (nSPS) is 10.6. The number of carbonyl (C=O) groups is 1. The highest BCUT2D eigenvalue weighted by molar-refractivity contribution is 14.0. The Hall–Kier alpha value is -2.20. The van der Waals surface area contributed by atoms with Crippen LogP contribution in [-0.2, 0) is 6.42 Å². The molecular formula is C22H30ClIN4O3. The number of rotatable bonds is 10. The summed E-state index contributed by atoms with van der Waals surface area (Å²) < 4.78 is 10.6. The van der Waals surface area contributed by atoms with Crippen LogP contribution in [0.15, 0.2) is 47.5 Å². The van der Waals surface area contributed by atoms with E-state index in [1.54, 1.807) is 38.5 Å². The number of nitrogens with one attached hydrogen (secondary N) is 3. The minimum absolute atomic E-state index is 0. The van der Waals surface area contributed by atoms with E-state index < -0.39 is 0 Å². The van der Waals surface area contributed by atoms with Gasteiger partial charge in [0.05, 0.1) is 14.2 Å². The minimum Gasteiger partial charge on any atom is -0.493 e. The molecule has 2 aromatic rings. The molecule has 9 heteroatoms. The highest BCUT2D eigenvalue weighted by Gasteiger charge is 2.06. The molecule has 31 heavy (non-hydrogen) atoms. The van der Waals surface area contributed by atoms with Crippen molar-refractivity contribution in [1.29, 1.82) is 0 Å². The van der Waals surface area contributed by atoms with Gasteiger partial charge in [0.1, 0.15) is 0 Å². The standard InChI is InChI=1S/C22H29ClN4O3.HI/c1-4-24-22(26-12-11-16-5-10-19(29-2)20(15-16)30-3)27-14-13-25-21(28)17-6-8-18(23)9-7-17;/h5-10,15H,4,11-14H2,1-3H3,(H,25,28)(H2,24,26,27);1H. The molecule has 0 saturated carbocycles. The van der Waals surface area contributed by atoms with E-state index >= 15 is 0 Å². The van der Waals surface area contributed by atoms with Crippen molar-refractivity contribution in [1.82, 2.24) is 16.0 Å². The van der Waals surface area contributed by atoms with E-state index in [2.05, 4.69) is 20.9 Å². The molecular weight excluding hydrogens is 531 g/mol. The van der Waals surface area contributed by atoms with Gasteiger partial charge in [0.2, 0.25) is 0 Å². The Kier molecular flexibility index (Phi) is 12.8. The van der Waals surface area contributed by atoms with E-state index in [0.717, 1.165) is 18.5 Å². The Labute approximate surface area is 206 Å². The summed E-state index contributed by atoms with van der Waals surface area (Å²) in [5.41, 5.74) is 1.69. The van der Waals surface area contributed by atoms with Crippen LogP contribution in [0.3, 0.4) is 0 Å². The van der Waals surface area contributed by atoms with Crippen LogP contribution in [0.4, 0.5) is 0 Å². The Morgan fingerprint density at radius 2 is 1.65 bits per heavy atom. The third-order valence-electron chi connectivity index (χ3n) is 4.27. The second-order valence-electron chi connectivity index (χ2n) is 6.39. The first kappa shape index (κ1) is 26.8. The fraction of sp³-hybridized carbons (Fsp3) is 0.364. The topological polar surface area (TPSA) is 84.0 Å². The van der Waals surface area contributed by atoms with Crippen molar-refractivity contribution < 1.29 is 14.3 Å². The van der Waals surface area contributed by atoms with Gasteiger partial charge in [-0.1, -0.05) is 17.7 Å². The molecule has 0 aliphatic rings. The van der Waals surface area contributed by atoms with Crippen LogP contribution >= 0.6 is 35.6 Å². The van der Waals surface area contributed by atoms with Crippen molar-refractivity contribution in [2.24, 2.45) is 4.99 Å². The third kappa shape index (κ3) is 9.22. The van der Waals surface area contributed by atoms with Crippen LogP contribution in [0.2, 0.25) is 5.02 Å². The first-order valence-electron chi connectivity index (χ1n) is 9.84. The predicted octanol–water partition coefficient (Wildman–Crippen LogP) is 3.50. The van der Waals surface area contributed by atoms with E-state index in [1.165, 1.54) is 0 Å². The van der Waals surface area contributed by atoms with Gasteiger partial charge in [-0.2, -0.15) is 0 Å². The molecule has 170 valence electrons. The van der Waals surface area contributed by atoms with E-state index in [-0.39, 0.29) is 29.9 Å². The summed E-state index contributed by atoms with van der Waals surface area (Å²) in [7, 11) is 3.24. The molecule has 0 aliphatic heterocycles. The monoisotopic (exact) mass is 560 g/mol. The Morgan fingerprint density at radius 1 is 0.968 bits per heavy atom. The maximum absolute atomic E-state index is 12.1. The molecule has 0 aliphatic carbocycles. The van der Waals surface area contributed by atoms with Gasteiger partial charge in [0.25, 0.3) is 5.91 Å². The zero-order chi connectivity index (χ0) is 21.8. The summed E-state index contributed by atoms with van der Waals surface area (Å²) >= 11 is 5.84. The number of hydrogen-bond donors (Lipinski definition) is 3. The van der Waals surface area contributed by atoms with Gasteiger partial charge in [-0.15, -0.1) is 24.0 Å². The molecule has 0 spiro atoms. The zero-order valence-electron chi connectivity index (χ0n) is 18.0. The number of nitrogens with zero attached hydrogens (tertiary/aromatic N) is 1. The maximum atomic E-state index is 12.1. The lowest BCUT2D eigenvalue weighted by molar-refractivity contribution is 0.0954. The van der Waals surface area contributed by atoms with E-state index in [9.17, 15) is 4.79 Å². The quantitative estimate of drug-likeness (QED) is 0.179.